The summed E-state index contributed by atoms with van der Waals surface area (Å²) in [5, 5.41) is 2.77. The van der Waals surface area contributed by atoms with Crippen molar-refractivity contribution in [2.24, 2.45) is 5.92 Å². The SMILES string of the molecule is CCc1cccc(NC(=O)C2CCCN(C(=O)c3cc(C(F)(F)F)cc(C(F)(F)F)c3)C2)c1. The molecule has 2 amide bonds. The van der Waals surface area contributed by atoms with Crippen molar-refractivity contribution in [3.8, 4) is 0 Å². The van der Waals surface area contributed by atoms with E-state index in [2.05, 4.69) is 5.32 Å². The second-order valence-corrected chi connectivity index (χ2v) is 7.93. The number of halogens is 6. The normalized spacial score (nSPS) is 17.1. The number of hydrogen-bond acceptors (Lipinski definition) is 2. The Morgan fingerprint density at radius 3 is 2.21 bits per heavy atom. The summed E-state index contributed by atoms with van der Waals surface area (Å²) in [7, 11) is 0. The van der Waals surface area contributed by atoms with Crippen molar-refractivity contribution in [3.63, 3.8) is 0 Å². The molecule has 1 saturated heterocycles. The number of rotatable bonds is 4. The van der Waals surface area contributed by atoms with Crippen molar-refractivity contribution in [1.29, 1.82) is 0 Å². The molecule has 0 radical (unpaired) electrons. The fraction of sp³-hybridized carbons (Fsp3) is 0.391. The highest BCUT2D eigenvalue weighted by atomic mass is 19.4. The topological polar surface area (TPSA) is 49.4 Å². The molecule has 2 aromatic carbocycles. The lowest BCUT2D eigenvalue weighted by Gasteiger charge is -2.32. The summed E-state index contributed by atoms with van der Waals surface area (Å²) in [4.78, 5) is 26.7. The molecule has 1 aliphatic rings. The van der Waals surface area contributed by atoms with Gasteiger partial charge in [-0.05, 0) is 55.2 Å². The van der Waals surface area contributed by atoms with Gasteiger partial charge in [-0.1, -0.05) is 19.1 Å². The number of piperidine rings is 1. The van der Waals surface area contributed by atoms with E-state index in [4.69, 9.17) is 0 Å². The molecule has 1 N–H and O–H groups in total. The van der Waals surface area contributed by atoms with Crippen LogP contribution in [0.15, 0.2) is 42.5 Å². The first-order valence-electron chi connectivity index (χ1n) is 10.4. The van der Waals surface area contributed by atoms with E-state index in [-0.39, 0.29) is 25.1 Å². The van der Waals surface area contributed by atoms with Crippen LogP contribution in [-0.2, 0) is 23.6 Å². The molecule has 1 aliphatic heterocycles. The summed E-state index contributed by atoms with van der Waals surface area (Å²) >= 11 is 0. The first kappa shape index (κ1) is 24.6. The third kappa shape index (κ3) is 6.06. The largest absolute Gasteiger partial charge is 0.416 e. The van der Waals surface area contributed by atoms with Gasteiger partial charge in [-0.25, -0.2) is 0 Å². The zero-order valence-corrected chi connectivity index (χ0v) is 17.7. The number of carbonyl (C=O) groups is 2. The Labute approximate surface area is 186 Å². The Bertz CT molecular complexity index is 1000. The van der Waals surface area contributed by atoms with Gasteiger partial charge in [0.15, 0.2) is 0 Å². The maximum Gasteiger partial charge on any atom is 0.416 e. The minimum atomic E-state index is -5.05. The summed E-state index contributed by atoms with van der Waals surface area (Å²) in [5.74, 6) is -1.97. The predicted molar refractivity (Wildman–Crippen MR) is 110 cm³/mol. The van der Waals surface area contributed by atoms with Gasteiger partial charge in [0.2, 0.25) is 5.91 Å². The predicted octanol–water partition coefficient (Wildman–Crippen LogP) is 5.78. The molecule has 33 heavy (non-hydrogen) atoms. The third-order valence-electron chi connectivity index (χ3n) is 5.52. The van der Waals surface area contributed by atoms with E-state index in [1.807, 2.05) is 19.1 Å². The average molecular weight is 472 g/mol. The van der Waals surface area contributed by atoms with Gasteiger partial charge in [0.1, 0.15) is 0 Å². The Kier molecular flexibility index (Phi) is 7.04. The molecular formula is C23H22F6N2O2. The number of carbonyl (C=O) groups excluding carboxylic acids is 2. The fourth-order valence-corrected chi connectivity index (χ4v) is 3.75. The number of likely N-dealkylation sites (tertiary alicyclic amines) is 1. The lowest BCUT2D eigenvalue weighted by atomic mass is 9.95. The van der Waals surface area contributed by atoms with Crippen LogP contribution in [-0.4, -0.2) is 29.8 Å². The summed E-state index contributed by atoms with van der Waals surface area (Å²) in [6.45, 7) is 1.99. The van der Waals surface area contributed by atoms with Gasteiger partial charge in [-0.2, -0.15) is 26.3 Å². The minimum absolute atomic E-state index is 0.0202. The molecule has 178 valence electrons. The maximum absolute atomic E-state index is 13.1. The molecule has 1 atom stereocenters. The third-order valence-corrected chi connectivity index (χ3v) is 5.52. The van der Waals surface area contributed by atoms with E-state index in [9.17, 15) is 35.9 Å². The number of anilines is 1. The van der Waals surface area contributed by atoms with Crippen LogP contribution in [0.5, 0.6) is 0 Å². The maximum atomic E-state index is 13.1. The zero-order valence-electron chi connectivity index (χ0n) is 17.7. The lowest BCUT2D eigenvalue weighted by Crippen LogP contribution is -2.43. The van der Waals surface area contributed by atoms with E-state index in [0.717, 1.165) is 16.9 Å². The number of nitrogens with one attached hydrogen (secondary N) is 1. The second-order valence-electron chi connectivity index (χ2n) is 7.93. The molecular weight excluding hydrogens is 450 g/mol. The minimum Gasteiger partial charge on any atom is -0.338 e. The van der Waals surface area contributed by atoms with Crippen molar-refractivity contribution in [2.45, 2.75) is 38.5 Å². The molecule has 1 fully saturated rings. The summed E-state index contributed by atoms with van der Waals surface area (Å²) in [6, 6.07) is 8.02. The number of aryl methyl sites for hydroxylation is 1. The smallest absolute Gasteiger partial charge is 0.338 e. The standard InChI is InChI=1S/C23H22F6N2O2/c1-2-14-5-3-7-19(9-14)30-20(32)15-6-4-8-31(13-15)21(33)16-10-17(22(24,25)26)12-18(11-16)23(27,28)29/h3,5,7,9-12,15H,2,4,6,8,13H2,1H3,(H,30,32). The lowest BCUT2D eigenvalue weighted by molar-refractivity contribution is -0.143. The van der Waals surface area contributed by atoms with E-state index < -0.39 is 40.9 Å². The second kappa shape index (κ2) is 9.44. The molecule has 0 spiro atoms. The number of amides is 2. The van der Waals surface area contributed by atoms with Crippen LogP contribution >= 0.6 is 0 Å². The van der Waals surface area contributed by atoms with Gasteiger partial charge in [0, 0.05) is 24.3 Å². The molecule has 0 bridgehead atoms. The first-order valence-corrected chi connectivity index (χ1v) is 10.4. The van der Waals surface area contributed by atoms with Crippen LogP contribution < -0.4 is 5.32 Å². The quantitative estimate of drug-likeness (QED) is 0.574. The summed E-state index contributed by atoms with van der Waals surface area (Å²) in [5.41, 5.74) is -2.23. The van der Waals surface area contributed by atoms with Crippen LogP contribution in [0, 0.1) is 5.92 Å². The van der Waals surface area contributed by atoms with Gasteiger partial charge >= 0.3 is 12.4 Å². The van der Waals surface area contributed by atoms with Crippen molar-refractivity contribution in [2.75, 3.05) is 18.4 Å². The van der Waals surface area contributed by atoms with Crippen LogP contribution in [0.4, 0.5) is 32.0 Å². The van der Waals surface area contributed by atoms with Crippen LogP contribution in [0.2, 0.25) is 0 Å². The van der Waals surface area contributed by atoms with E-state index in [0.29, 0.717) is 30.7 Å². The number of alkyl halides is 6. The first-order chi connectivity index (χ1) is 15.4. The van der Waals surface area contributed by atoms with Gasteiger partial charge in [-0.3, -0.25) is 9.59 Å². The number of hydrogen-bond donors (Lipinski definition) is 1. The van der Waals surface area contributed by atoms with Gasteiger partial charge in [0.05, 0.1) is 17.0 Å². The van der Waals surface area contributed by atoms with E-state index in [1.54, 1.807) is 12.1 Å². The Balaban J connectivity index is 1.79. The molecule has 1 unspecified atom stereocenters. The Hall–Kier alpha value is -3.04. The average Bonchev–Trinajstić information content (AvgIpc) is 2.77. The van der Waals surface area contributed by atoms with Crippen LogP contribution in [0.3, 0.4) is 0 Å². The number of benzene rings is 2. The fourth-order valence-electron chi connectivity index (χ4n) is 3.75. The molecule has 0 aromatic heterocycles. The molecule has 0 aliphatic carbocycles. The van der Waals surface area contributed by atoms with E-state index >= 15 is 0 Å². The van der Waals surface area contributed by atoms with Gasteiger partial charge < -0.3 is 10.2 Å². The highest BCUT2D eigenvalue weighted by molar-refractivity contribution is 5.96. The molecule has 2 aromatic rings. The Morgan fingerprint density at radius 1 is 1.00 bits per heavy atom. The van der Waals surface area contributed by atoms with Gasteiger partial charge in [-0.15, -0.1) is 0 Å². The highest BCUT2D eigenvalue weighted by Gasteiger charge is 2.38. The highest BCUT2D eigenvalue weighted by Crippen LogP contribution is 2.36. The van der Waals surface area contributed by atoms with Crippen molar-refractivity contribution in [1.82, 2.24) is 4.90 Å². The number of nitrogens with zero attached hydrogens (tertiary/aromatic N) is 1. The van der Waals surface area contributed by atoms with Crippen molar-refractivity contribution >= 4 is 17.5 Å². The van der Waals surface area contributed by atoms with Crippen LogP contribution in [0.1, 0.15) is 46.8 Å². The van der Waals surface area contributed by atoms with Crippen molar-refractivity contribution < 1.29 is 35.9 Å². The Morgan fingerprint density at radius 2 is 1.64 bits per heavy atom. The molecule has 10 heteroatoms. The van der Waals surface area contributed by atoms with Gasteiger partial charge in [0.25, 0.3) is 5.91 Å². The summed E-state index contributed by atoms with van der Waals surface area (Å²) in [6.07, 6.45) is -8.49. The molecule has 1 heterocycles. The monoisotopic (exact) mass is 472 g/mol. The molecule has 4 nitrogen and oxygen atoms in total. The molecule has 3 rings (SSSR count). The molecule has 0 saturated carbocycles. The zero-order chi connectivity index (χ0) is 24.4. The van der Waals surface area contributed by atoms with E-state index in [1.165, 1.54) is 0 Å². The summed E-state index contributed by atoms with van der Waals surface area (Å²) < 4.78 is 78.8. The van der Waals surface area contributed by atoms with Crippen LogP contribution in [0.25, 0.3) is 0 Å². The van der Waals surface area contributed by atoms with Crippen molar-refractivity contribution in [3.05, 3.63) is 64.7 Å².